The van der Waals surface area contributed by atoms with Gasteiger partial charge in [0, 0.05) is 47.3 Å². The number of guanidine groups is 1. The second kappa shape index (κ2) is 6.98. The summed E-state index contributed by atoms with van der Waals surface area (Å²) in [6.45, 7) is 7.99. The molecule has 1 aliphatic rings. The molecule has 0 amide bonds. The van der Waals surface area contributed by atoms with E-state index in [0.29, 0.717) is 6.04 Å². The summed E-state index contributed by atoms with van der Waals surface area (Å²) in [4.78, 5) is 11.5. The van der Waals surface area contributed by atoms with E-state index in [4.69, 9.17) is 4.99 Å². The summed E-state index contributed by atoms with van der Waals surface area (Å²) in [7, 11) is 8.22. The summed E-state index contributed by atoms with van der Waals surface area (Å²) in [5, 5.41) is 0. The average molecular weight is 254 g/mol. The van der Waals surface area contributed by atoms with Crippen molar-refractivity contribution in [2.24, 2.45) is 10.9 Å². The van der Waals surface area contributed by atoms with E-state index in [-0.39, 0.29) is 0 Å². The molecule has 0 bridgehead atoms. The minimum absolute atomic E-state index is 0.666. The number of nitrogens with zero attached hydrogens (tertiary/aromatic N) is 4. The fourth-order valence-electron chi connectivity index (χ4n) is 2.61. The molecule has 0 aliphatic carbocycles. The Balaban J connectivity index is 2.53. The molecule has 0 spiro atoms. The highest BCUT2D eigenvalue weighted by atomic mass is 15.3. The van der Waals surface area contributed by atoms with Crippen molar-refractivity contribution in [1.82, 2.24) is 14.7 Å². The zero-order valence-electron chi connectivity index (χ0n) is 13.0. The molecule has 1 heterocycles. The second-order valence-corrected chi connectivity index (χ2v) is 6.03. The molecular weight excluding hydrogens is 224 g/mol. The molecule has 0 aromatic rings. The molecule has 106 valence electrons. The lowest BCUT2D eigenvalue weighted by Crippen LogP contribution is -2.41. The Morgan fingerprint density at radius 1 is 1.22 bits per heavy atom. The second-order valence-electron chi connectivity index (χ2n) is 6.03. The lowest BCUT2D eigenvalue weighted by Gasteiger charge is -2.35. The molecule has 0 N–H and O–H groups in total. The van der Waals surface area contributed by atoms with E-state index in [9.17, 15) is 0 Å². The Bertz CT molecular complexity index is 261. The maximum atomic E-state index is 4.78. The molecule has 4 nitrogen and oxygen atoms in total. The maximum absolute atomic E-state index is 4.78. The molecule has 0 radical (unpaired) electrons. The van der Waals surface area contributed by atoms with Gasteiger partial charge in [-0.25, -0.2) is 0 Å². The van der Waals surface area contributed by atoms with Gasteiger partial charge in [0.15, 0.2) is 5.96 Å². The van der Waals surface area contributed by atoms with Gasteiger partial charge in [-0.15, -0.1) is 0 Å². The van der Waals surface area contributed by atoms with Crippen LogP contribution >= 0.6 is 0 Å². The first-order valence-electron chi connectivity index (χ1n) is 7.05. The van der Waals surface area contributed by atoms with Gasteiger partial charge in [0.2, 0.25) is 0 Å². The van der Waals surface area contributed by atoms with Gasteiger partial charge in [-0.2, -0.15) is 0 Å². The van der Waals surface area contributed by atoms with Crippen molar-refractivity contribution in [2.75, 3.05) is 47.8 Å². The average Bonchev–Trinajstić information content (AvgIpc) is 2.28. The first kappa shape index (κ1) is 15.3. The number of hydrogen-bond donors (Lipinski definition) is 0. The first-order valence-corrected chi connectivity index (χ1v) is 7.05. The molecule has 1 aliphatic heterocycles. The van der Waals surface area contributed by atoms with E-state index in [1.54, 1.807) is 0 Å². The Hall–Kier alpha value is -0.770. The van der Waals surface area contributed by atoms with Gasteiger partial charge in [0.05, 0.1) is 0 Å². The fourth-order valence-corrected chi connectivity index (χ4v) is 2.61. The summed E-state index contributed by atoms with van der Waals surface area (Å²) in [5.74, 6) is 1.78. The molecule has 4 heteroatoms. The van der Waals surface area contributed by atoms with Crippen LogP contribution in [0.3, 0.4) is 0 Å². The fraction of sp³-hybridized carbons (Fsp3) is 0.929. The Kier molecular flexibility index (Phi) is 5.93. The SMILES string of the molecule is CC(C)N1CCCC(CN=C(N(C)C)N(C)C)C1. The third-order valence-corrected chi connectivity index (χ3v) is 3.57. The summed E-state index contributed by atoms with van der Waals surface area (Å²) in [5.41, 5.74) is 0. The lowest BCUT2D eigenvalue weighted by atomic mass is 9.97. The summed E-state index contributed by atoms with van der Waals surface area (Å²) in [6, 6.07) is 0.666. The molecule has 0 aromatic carbocycles. The molecule has 1 rings (SSSR count). The number of likely N-dealkylation sites (tertiary alicyclic amines) is 1. The molecule has 0 aromatic heterocycles. The highest BCUT2D eigenvalue weighted by molar-refractivity contribution is 5.79. The molecule has 1 atom stereocenters. The predicted molar refractivity (Wildman–Crippen MR) is 79.1 cm³/mol. The van der Waals surface area contributed by atoms with Crippen LogP contribution in [0.15, 0.2) is 4.99 Å². The molecule has 1 fully saturated rings. The van der Waals surface area contributed by atoms with Crippen LogP contribution in [-0.4, -0.2) is 74.5 Å². The van der Waals surface area contributed by atoms with Crippen molar-refractivity contribution in [1.29, 1.82) is 0 Å². The van der Waals surface area contributed by atoms with Gasteiger partial charge in [0.1, 0.15) is 0 Å². The third kappa shape index (κ3) is 4.48. The van der Waals surface area contributed by atoms with E-state index in [1.165, 1.54) is 25.9 Å². The smallest absolute Gasteiger partial charge is 0.195 e. The van der Waals surface area contributed by atoms with Crippen LogP contribution in [0, 0.1) is 5.92 Å². The highest BCUT2D eigenvalue weighted by Crippen LogP contribution is 2.18. The van der Waals surface area contributed by atoms with Gasteiger partial charge in [-0.05, 0) is 39.2 Å². The Morgan fingerprint density at radius 3 is 2.33 bits per heavy atom. The Labute approximate surface area is 113 Å². The van der Waals surface area contributed by atoms with Crippen molar-refractivity contribution in [3.8, 4) is 0 Å². The summed E-state index contributed by atoms with van der Waals surface area (Å²) < 4.78 is 0. The van der Waals surface area contributed by atoms with Crippen LogP contribution < -0.4 is 0 Å². The molecule has 0 saturated carbocycles. The van der Waals surface area contributed by atoms with Crippen LogP contribution in [0.5, 0.6) is 0 Å². The van der Waals surface area contributed by atoms with Crippen molar-refractivity contribution >= 4 is 5.96 Å². The number of rotatable bonds is 3. The van der Waals surface area contributed by atoms with Crippen LogP contribution in [-0.2, 0) is 0 Å². The quantitative estimate of drug-likeness (QED) is 0.564. The highest BCUT2D eigenvalue weighted by Gasteiger charge is 2.21. The van der Waals surface area contributed by atoms with Crippen LogP contribution in [0.4, 0.5) is 0 Å². The van der Waals surface area contributed by atoms with Crippen LogP contribution in [0.25, 0.3) is 0 Å². The molecular formula is C14H30N4. The van der Waals surface area contributed by atoms with Gasteiger partial charge in [-0.3, -0.25) is 4.99 Å². The monoisotopic (exact) mass is 254 g/mol. The van der Waals surface area contributed by atoms with Gasteiger partial charge >= 0.3 is 0 Å². The minimum Gasteiger partial charge on any atom is -0.349 e. The van der Waals surface area contributed by atoms with E-state index < -0.39 is 0 Å². The maximum Gasteiger partial charge on any atom is 0.195 e. The normalized spacial score (nSPS) is 20.9. The van der Waals surface area contributed by atoms with Gasteiger partial charge in [0.25, 0.3) is 0 Å². The van der Waals surface area contributed by atoms with E-state index >= 15 is 0 Å². The Morgan fingerprint density at radius 2 is 1.83 bits per heavy atom. The van der Waals surface area contributed by atoms with Crippen LogP contribution in [0.1, 0.15) is 26.7 Å². The van der Waals surface area contributed by atoms with Crippen molar-refractivity contribution in [3.63, 3.8) is 0 Å². The zero-order chi connectivity index (χ0) is 13.7. The predicted octanol–water partition coefficient (Wildman–Crippen LogP) is 1.59. The minimum atomic E-state index is 0.666. The molecule has 1 saturated heterocycles. The summed E-state index contributed by atoms with van der Waals surface area (Å²) >= 11 is 0. The molecule has 1 unspecified atom stereocenters. The number of aliphatic imine (C=N–C) groups is 1. The van der Waals surface area contributed by atoms with Crippen LogP contribution in [0.2, 0.25) is 0 Å². The summed E-state index contributed by atoms with van der Waals surface area (Å²) in [6.07, 6.45) is 2.64. The van der Waals surface area contributed by atoms with Gasteiger partial charge < -0.3 is 14.7 Å². The lowest BCUT2D eigenvalue weighted by molar-refractivity contribution is 0.143. The zero-order valence-corrected chi connectivity index (χ0v) is 13.0. The largest absolute Gasteiger partial charge is 0.349 e. The number of piperidine rings is 1. The van der Waals surface area contributed by atoms with Crippen molar-refractivity contribution in [3.05, 3.63) is 0 Å². The van der Waals surface area contributed by atoms with Gasteiger partial charge in [-0.1, -0.05) is 0 Å². The van der Waals surface area contributed by atoms with E-state index in [0.717, 1.165) is 18.4 Å². The van der Waals surface area contributed by atoms with E-state index in [1.807, 2.05) is 0 Å². The number of hydrogen-bond acceptors (Lipinski definition) is 2. The van der Waals surface area contributed by atoms with E-state index in [2.05, 4.69) is 56.7 Å². The van der Waals surface area contributed by atoms with Crippen molar-refractivity contribution < 1.29 is 0 Å². The van der Waals surface area contributed by atoms with Crippen molar-refractivity contribution in [2.45, 2.75) is 32.7 Å². The standard InChI is InChI=1S/C14H30N4/c1-12(2)18-9-7-8-13(11-18)10-15-14(16(3)4)17(5)6/h12-13H,7-11H2,1-6H3. The first-order chi connectivity index (χ1) is 8.41. The third-order valence-electron chi connectivity index (χ3n) is 3.57. The topological polar surface area (TPSA) is 22.1 Å². The molecule has 18 heavy (non-hydrogen) atoms.